The molecule has 0 spiro atoms. The van der Waals surface area contributed by atoms with Gasteiger partial charge in [-0.05, 0) is 23.8 Å². The third-order valence-corrected chi connectivity index (χ3v) is 3.13. The van der Waals surface area contributed by atoms with Crippen LogP contribution in [0.15, 0.2) is 18.2 Å². The van der Waals surface area contributed by atoms with Gasteiger partial charge < -0.3 is 9.05 Å². The van der Waals surface area contributed by atoms with Gasteiger partial charge in [0.15, 0.2) is 9.03 Å². The highest BCUT2D eigenvalue weighted by Gasteiger charge is 2.17. The quantitative estimate of drug-likeness (QED) is 0.703. The summed E-state index contributed by atoms with van der Waals surface area (Å²) in [5.74, 6) is 0. The van der Waals surface area contributed by atoms with Gasteiger partial charge in [-0.15, -0.1) is 0 Å². The Labute approximate surface area is 94.4 Å². The van der Waals surface area contributed by atoms with Crippen LogP contribution in [0.2, 0.25) is 10.0 Å². The maximum atomic E-state index is 5.90. The van der Waals surface area contributed by atoms with Crippen molar-refractivity contribution in [2.75, 3.05) is 6.61 Å². The molecule has 0 amide bonds. The van der Waals surface area contributed by atoms with E-state index in [1.165, 1.54) is 0 Å². The first-order valence-electron chi connectivity index (χ1n) is 4.24. The van der Waals surface area contributed by atoms with Crippen LogP contribution in [0.5, 0.6) is 0 Å². The number of rotatable bonds is 1. The van der Waals surface area contributed by atoms with Crippen molar-refractivity contribution in [1.29, 1.82) is 0 Å². The lowest BCUT2D eigenvalue weighted by Gasteiger charge is -2.22. The van der Waals surface area contributed by atoms with E-state index in [-0.39, 0.29) is 15.1 Å². The molecule has 0 N–H and O–H groups in total. The summed E-state index contributed by atoms with van der Waals surface area (Å²) in [5, 5.41) is 1.29. The monoisotopic (exact) mass is 250 g/mol. The Morgan fingerprint density at radius 3 is 2.50 bits per heavy atom. The average molecular weight is 251 g/mol. The van der Waals surface area contributed by atoms with E-state index in [0.29, 0.717) is 10.0 Å². The van der Waals surface area contributed by atoms with Gasteiger partial charge in [-0.25, -0.2) is 0 Å². The van der Waals surface area contributed by atoms with E-state index in [1.54, 1.807) is 6.07 Å². The molecule has 2 rings (SSSR count). The van der Waals surface area contributed by atoms with Gasteiger partial charge in [-0.1, -0.05) is 23.2 Å². The Morgan fingerprint density at radius 1 is 1.21 bits per heavy atom. The van der Waals surface area contributed by atoms with E-state index in [0.717, 1.165) is 18.6 Å². The zero-order valence-electron chi connectivity index (χ0n) is 7.30. The van der Waals surface area contributed by atoms with E-state index < -0.39 is 0 Å². The summed E-state index contributed by atoms with van der Waals surface area (Å²) in [6, 6.07) is 5.48. The number of halogens is 2. The van der Waals surface area contributed by atoms with Crippen LogP contribution in [0.3, 0.4) is 0 Å². The second-order valence-electron chi connectivity index (χ2n) is 3.03. The molecule has 0 radical (unpaired) electrons. The highest BCUT2D eigenvalue weighted by Crippen LogP contribution is 2.36. The summed E-state index contributed by atoms with van der Waals surface area (Å²) < 4.78 is 10.6. The third-order valence-electron chi connectivity index (χ3n) is 1.99. The van der Waals surface area contributed by atoms with Gasteiger partial charge in [0, 0.05) is 16.5 Å². The van der Waals surface area contributed by atoms with Crippen LogP contribution in [-0.4, -0.2) is 6.61 Å². The molecule has 1 aliphatic rings. The minimum absolute atomic E-state index is 0.0679. The van der Waals surface area contributed by atoms with Crippen molar-refractivity contribution in [2.45, 2.75) is 12.5 Å². The molecule has 2 nitrogen and oxygen atoms in total. The van der Waals surface area contributed by atoms with Crippen molar-refractivity contribution < 1.29 is 9.05 Å². The van der Waals surface area contributed by atoms with E-state index in [4.69, 9.17) is 32.2 Å². The van der Waals surface area contributed by atoms with E-state index in [9.17, 15) is 0 Å². The summed E-state index contributed by atoms with van der Waals surface area (Å²) in [7, 11) is 0.115. The van der Waals surface area contributed by atoms with Gasteiger partial charge in [0.25, 0.3) is 0 Å². The molecular formula is C9H9Cl2O2P. The Bertz CT molecular complexity index is 306. The standard InChI is InChI=1S/C9H9Cl2O2P/c10-7-3-6(4-8(11)5-7)9-1-2-12-14-13-9/h3-5,9,14H,1-2H2/t9-/m1/s1. The van der Waals surface area contributed by atoms with Crippen molar-refractivity contribution >= 4 is 32.2 Å². The van der Waals surface area contributed by atoms with Gasteiger partial charge in [0.05, 0.1) is 12.7 Å². The maximum Gasteiger partial charge on any atom is 0.155 e. The molecule has 1 aromatic rings. The Kier molecular flexibility index (Phi) is 3.64. The highest BCUT2D eigenvalue weighted by atomic mass is 35.5. The fraction of sp³-hybridized carbons (Fsp3) is 0.333. The van der Waals surface area contributed by atoms with Gasteiger partial charge in [-0.2, -0.15) is 0 Å². The van der Waals surface area contributed by atoms with Crippen LogP contribution in [0.4, 0.5) is 0 Å². The summed E-state index contributed by atoms with van der Waals surface area (Å²) in [6.45, 7) is 0.729. The van der Waals surface area contributed by atoms with Gasteiger partial charge in [-0.3, -0.25) is 0 Å². The lowest BCUT2D eigenvalue weighted by molar-refractivity contribution is 0.121. The molecule has 76 valence electrons. The SMILES string of the molecule is Clc1cc(Cl)cc([C@H]2CCOPO2)c1. The molecule has 0 saturated carbocycles. The van der Waals surface area contributed by atoms with Gasteiger partial charge in [0.1, 0.15) is 0 Å². The zero-order valence-corrected chi connectivity index (χ0v) is 9.81. The van der Waals surface area contributed by atoms with Crippen LogP contribution >= 0.6 is 32.2 Å². The molecule has 1 fully saturated rings. The maximum absolute atomic E-state index is 5.90. The van der Waals surface area contributed by atoms with Crippen LogP contribution < -0.4 is 0 Å². The van der Waals surface area contributed by atoms with Crippen molar-refractivity contribution in [2.24, 2.45) is 0 Å². The summed E-state index contributed by atoms with van der Waals surface area (Å²) in [4.78, 5) is 0. The molecule has 14 heavy (non-hydrogen) atoms. The lowest BCUT2D eigenvalue weighted by Crippen LogP contribution is -2.07. The first-order valence-corrected chi connectivity index (χ1v) is 5.81. The summed E-state index contributed by atoms with van der Waals surface area (Å²) in [5.41, 5.74) is 1.03. The van der Waals surface area contributed by atoms with Crippen LogP contribution in [0, 0.1) is 0 Å². The first-order chi connectivity index (χ1) is 6.75. The Hall–Kier alpha value is 0.150. The smallest absolute Gasteiger partial charge is 0.155 e. The molecule has 0 bridgehead atoms. The second kappa shape index (κ2) is 4.78. The fourth-order valence-corrected chi connectivity index (χ4v) is 2.54. The number of hydrogen-bond donors (Lipinski definition) is 0. The highest BCUT2D eigenvalue weighted by molar-refractivity contribution is 7.26. The molecular weight excluding hydrogens is 242 g/mol. The molecule has 1 aromatic carbocycles. The molecule has 1 aliphatic heterocycles. The van der Waals surface area contributed by atoms with E-state index in [2.05, 4.69) is 0 Å². The van der Waals surface area contributed by atoms with Crippen molar-refractivity contribution in [3.8, 4) is 0 Å². The first kappa shape index (κ1) is 10.7. The predicted molar refractivity (Wildman–Crippen MR) is 59.2 cm³/mol. The largest absolute Gasteiger partial charge is 0.336 e. The zero-order chi connectivity index (χ0) is 9.97. The fourth-order valence-electron chi connectivity index (χ4n) is 1.35. The van der Waals surface area contributed by atoms with Gasteiger partial charge in [0.2, 0.25) is 0 Å². The van der Waals surface area contributed by atoms with Crippen LogP contribution in [-0.2, 0) is 9.05 Å². The normalized spacial score (nSPS) is 24.0. The van der Waals surface area contributed by atoms with Crippen LogP contribution in [0.1, 0.15) is 18.1 Å². The van der Waals surface area contributed by atoms with Gasteiger partial charge >= 0.3 is 0 Å². The predicted octanol–water partition coefficient (Wildman–Crippen LogP) is 3.98. The summed E-state index contributed by atoms with van der Waals surface area (Å²) >= 11 is 11.8. The minimum Gasteiger partial charge on any atom is -0.336 e. The Balaban J connectivity index is 2.21. The third kappa shape index (κ3) is 2.59. The lowest BCUT2D eigenvalue weighted by atomic mass is 10.1. The minimum atomic E-state index is 0.0679. The molecule has 2 atom stereocenters. The second-order valence-corrected chi connectivity index (χ2v) is 4.59. The van der Waals surface area contributed by atoms with Crippen molar-refractivity contribution in [3.63, 3.8) is 0 Å². The Morgan fingerprint density at radius 2 is 1.93 bits per heavy atom. The molecule has 0 aromatic heterocycles. The molecule has 1 saturated heterocycles. The topological polar surface area (TPSA) is 18.5 Å². The molecule has 0 aliphatic carbocycles. The average Bonchev–Trinajstić information content (AvgIpc) is 2.18. The van der Waals surface area contributed by atoms with E-state index >= 15 is 0 Å². The van der Waals surface area contributed by atoms with Crippen molar-refractivity contribution in [1.82, 2.24) is 0 Å². The molecule has 1 heterocycles. The number of hydrogen-bond acceptors (Lipinski definition) is 2. The number of benzene rings is 1. The summed E-state index contributed by atoms with van der Waals surface area (Å²) in [6.07, 6.45) is 0.919. The van der Waals surface area contributed by atoms with E-state index in [1.807, 2.05) is 12.1 Å². The molecule has 1 unspecified atom stereocenters. The van der Waals surface area contributed by atoms with Crippen LogP contribution in [0.25, 0.3) is 0 Å². The molecule has 5 heteroatoms. The van der Waals surface area contributed by atoms with Crippen molar-refractivity contribution in [3.05, 3.63) is 33.8 Å².